The normalized spacial score (nSPS) is 11.5. The van der Waals surface area contributed by atoms with Crippen molar-refractivity contribution in [1.29, 1.82) is 0 Å². The van der Waals surface area contributed by atoms with Crippen molar-refractivity contribution in [3.63, 3.8) is 0 Å². The third-order valence-corrected chi connectivity index (χ3v) is 3.62. The molecule has 1 atom stereocenters. The largest absolute Gasteiger partial charge is 0.494 e. The number of benzene rings is 2. The molecule has 0 fully saturated rings. The van der Waals surface area contributed by atoms with Crippen LogP contribution in [0.25, 0.3) is 0 Å². The molecule has 0 bridgehead atoms. The van der Waals surface area contributed by atoms with Crippen molar-refractivity contribution in [3.05, 3.63) is 65.7 Å². The van der Waals surface area contributed by atoms with E-state index in [9.17, 15) is 9.59 Å². The van der Waals surface area contributed by atoms with Gasteiger partial charge in [0.2, 0.25) is 11.8 Å². The number of carbonyl (C=O) groups excluding carboxylic acids is 2. The van der Waals surface area contributed by atoms with Crippen LogP contribution in [0.2, 0.25) is 0 Å². The van der Waals surface area contributed by atoms with Gasteiger partial charge < -0.3 is 15.8 Å². The molecule has 5 heteroatoms. The predicted octanol–water partition coefficient (Wildman–Crippen LogP) is 2.36. The van der Waals surface area contributed by atoms with Crippen molar-refractivity contribution in [1.82, 2.24) is 5.32 Å². The van der Waals surface area contributed by atoms with E-state index in [1.165, 1.54) is 0 Å². The van der Waals surface area contributed by atoms with E-state index in [1.807, 2.05) is 37.3 Å². The molecule has 1 unspecified atom stereocenters. The van der Waals surface area contributed by atoms with Crippen LogP contribution in [0, 0.1) is 0 Å². The highest BCUT2D eigenvalue weighted by Gasteiger charge is 2.19. The molecule has 0 aromatic heterocycles. The first-order valence-electron chi connectivity index (χ1n) is 7.96. The minimum atomic E-state index is -0.819. The van der Waals surface area contributed by atoms with Gasteiger partial charge in [0.15, 0.2) is 0 Å². The van der Waals surface area contributed by atoms with E-state index in [2.05, 4.69) is 5.32 Å². The van der Waals surface area contributed by atoms with Crippen molar-refractivity contribution in [2.24, 2.45) is 5.73 Å². The van der Waals surface area contributed by atoms with E-state index >= 15 is 0 Å². The summed E-state index contributed by atoms with van der Waals surface area (Å²) in [6.45, 7) is 2.49. The molecule has 2 amide bonds. The van der Waals surface area contributed by atoms with E-state index in [0.717, 1.165) is 11.3 Å². The fourth-order valence-corrected chi connectivity index (χ4v) is 2.45. The summed E-state index contributed by atoms with van der Waals surface area (Å²) >= 11 is 0. The van der Waals surface area contributed by atoms with Crippen molar-refractivity contribution < 1.29 is 14.3 Å². The predicted molar refractivity (Wildman–Crippen MR) is 92.5 cm³/mol. The van der Waals surface area contributed by atoms with E-state index in [4.69, 9.17) is 10.5 Å². The first-order valence-corrected chi connectivity index (χ1v) is 7.96. The maximum Gasteiger partial charge on any atom is 0.244 e. The topological polar surface area (TPSA) is 81.4 Å². The Balaban J connectivity index is 1.98. The summed E-state index contributed by atoms with van der Waals surface area (Å²) < 4.78 is 5.55. The molecule has 0 radical (unpaired) electrons. The molecule has 2 aromatic rings. The van der Waals surface area contributed by atoms with Crippen LogP contribution in [-0.2, 0) is 16.0 Å². The third kappa shape index (κ3) is 4.84. The zero-order valence-corrected chi connectivity index (χ0v) is 13.7. The molecule has 0 heterocycles. The quantitative estimate of drug-likeness (QED) is 0.781. The van der Waals surface area contributed by atoms with Gasteiger partial charge in [0.25, 0.3) is 0 Å². The van der Waals surface area contributed by atoms with Gasteiger partial charge >= 0.3 is 0 Å². The Morgan fingerprint density at radius 1 is 1.08 bits per heavy atom. The second kappa shape index (κ2) is 8.72. The number of nitrogens with two attached hydrogens (primary N) is 1. The Kier molecular flexibility index (Phi) is 6.37. The number of para-hydroxylation sites is 1. The Hall–Kier alpha value is -2.82. The number of amides is 2. The second-order valence-electron chi connectivity index (χ2n) is 5.35. The zero-order chi connectivity index (χ0) is 17.4. The second-order valence-corrected chi connectivity index (χ2v) is 5.35. The Labute approximate surface area is 141 Å². The maximum atomic E-state index is 12.2. The molecule has 0 saturated carbocycles. The summed E-state index contributed by atoms with van der Waals surface area (Å²) in [7, 11) is 0. The van der Waals surface area contributed by atoms with Crippen molar-refractivity contribution in [2.75, 3.05) is 6.61 Å². The summed E-state index contributed by atoms with van der Waals surface area (Å²) in [5.41, 5.74) is 7.05. The molecule has 3 N–H and O–H groups in total. The molecule has 2 aromatic carbocycles. The van der Waals surface area contributed by atoms with Crippen LogP contribution in [0.4, 0.5) is 0 Å². The summed E-state index contributed by atoms with van der Waals surface area (Å²) in [5, 5.41) is 2.70. The Bertz CT molecular complexity index is 686. The first kappa shape index (κ1) is 17.5. The van der Waals surface area contributed by atoms with Crippen LogP contribution in [0.15, 0.2) is 54.6 Å². The minimum Gasteiger partial charge on any atom is -0.494 e. The van der Waals surface area contributed by atoms with Crippen LogP contribution in [-0.4, -0.2) is 18.4 Å². The lowest BCUT2D eigenvalue weighted by molar-refractivity contribution is -0.127. The van der Waals surface area contributed by atoms with Gasteiger partial charge in [-0.1, -0.05) is 48.5 Å². The number of nitrogens with one attached hydrogen (secondary N) is 1. The van der Waals surface area contributed by atoms with Crippen LogP contribution in [0.5, 0.6) is 5.75 Å². The zero-order valence-electron chi connectivity index (χ0n) is 13.7. The number of carbonyl (C=O) groups is 2. The van der Waals surface area contributed by atoms with Gasteiger partial charge in [0.1, 0.15) is 11.8 Å². The van der Waals surface area contributed by atoms with Gasteiger partial charge in [-0.05, 0) is 30.5 Å². The lowest BCUT2D eigenvalue weighted by Crippen LogP contribution is -2.37. The monoisotopic (exact) mass is 326 g/mol. The molecule has 126 valence electrons. The summed E-state index contributed by atoms with van der Waals surface area (Å²) in [6.07, 6.45) is 0.781. The fraction of sp³-hybridized carbons (Fsp3) is 0.263. The van der Waals surface area contributed by atoms with Gasteiger partial charge in [0.05, 0.1) is 6.61 Å². The molecule has 0 aliphatic heterocycles. The molecule has 5 nitrogen and oxygen atoms in total. The average Bonchev–Trinajstić information content (AvgIpc) is 2.59. The SMILES string of the molecule is CCOc1ccccc1CCC(=O)NC(C(N)=O)c1ccccc1. The summed E-state index contributed by atoms with van der Waals surface area (Å²) in [4.78, 5) is 23.9. The number of hydrogen-bond donors (Lipinski definition) is 2. The number of primary amides is 1. The fourth-order valence-electron chi connectivity index (χ4n) is 2.45. The smallest absolute Gasteiger partial charge is 0.244 e. The first-order chi connectivity index (χ1) is 11.6. The standard InChI is InChI=1S/C19H22N2O3/c1-2-24-16-11-7-6-8-14(16)12-13-17(22)21-18(19(20)23)15-9-4-3-5-10-15/h3-11,18H,2,12-13H2,1H3,(H2,20,23)(H,21,22). The van der Waals surface area contributed by atoms with Crippen molar-refractivity contribution in [3.8, 4) is 5.75 Å². The molecular formula is C19H22N2O3. The van der Waals surface area contributed by atoms with Crippen LogP contribution in [0.3, 0.4) is 0 Å². The third-order valence-electron chi connectivity index (χ3n) is 3.62. The average molecular weight is 326 g/mol. The lowest BCUT2D eigenvalue weighted by atomic mass is 10.1. The molecule has 0 spiro atoms. The van der Waals surface area contributed by atoms with E-state index in [0.29, 0.717) is 18.6 Å². The summed E-state index contributed by atoms with van der Waals surface area (Å²) in [6, 6.07) is 15.8. The molecule has 0 aliphatic rings. The molecular weight excluding hydrogens is 304 g/mol. The molecule has 0 aliphatic carbocycles. The Morgan fingerprint density at radius 2 is 1.75 bits per heavy atom. The number of rotatable bonds is 8. The van der Waals surface area contributed by atoms with E-state index in [-0.39, 0.29) is 12.3 Å². The highest BCUT2D eigenvalue weighted by atomic mass is 16.5. The maximum absolute atomic E-state index is 12.2. The number of ether oxygens (including phenoxy) is 1. The Morgan fingerprint density at radius 3 is 2.42 bits per heavy atom. The summed E-state index contributed by atoms with van der Waals surface area (Å²) in [5.74, 6) is -0.0273. The van der Waals surface area contributed by atoms with Gasteiger partial charge in [-0.2, -0.15) is 0 Å². The van der Waals surface area contributed by atoms with Gasteiger partial charge in [-0.25, -0.2) is 0 Å². The number of hydrogen-bond acceptors (Lipinski definition) is 3. The van der Waals surface area contributed by atoms with Crippen LogP contribution >= 0.6 is 0 Å². The van der Waals surface area contributed by atoms with E-state index in [1.54, 1.807) is 24.3 Å². The van der Waals surface area contributed by atoms with Crippen LogP contribution in [0.1, 0.15) is 30.5 Å². The molecule has 0 saturated heterocycles. The highest BCUT2D eigenvalue weighted by molar-refractivity contribution is 5.87. The number of aryl methyl sites for hydroxylation is 1. The van der Waals surface area contributed by atoms with Gasteiger partial charge in [0, 0.05) is 6.42 Å². The van der Waals surface area contributed by atoms with E-state index < -0.39 is 11.9 Å². The van der Waals surface area contributed by atoms with Crippen LogP contribution < -0.4 is 15.8 Å². The molecule has 2 rings (SSSR count). The van der Waals surface area contributed by atoms with Gasteiger partial charge in [-0.3, -0.25) is 9.59 Å². The van der Waals surface area contributed by atoms with Crippen molar-refractivity contribution in [2.45, 2.75) is 25.8 Å². The molecule has 24 heavy (non-hydrogen) atoms. The van der Waals surface area contributed by atoms with Gasteiger partial charge in [-0.15, -0.1) is 0 Å². The lowest BCUT2D eigenvalue weighted by Gasteiger charge is -2.16. The minimum absolute atomic E-state index is 0.228. The highest BCUT2D eigenvalue weighted by Crippen LogP contribution is 2.20. The van der Waals surface area contributed by atoms with Crippen molar-refractivity contribution >= 4 is 11.8 Å².